The highest BCUT2D eigenvalue weighted by molar-refractivity contribution is 5.98. The number of carbonyl (C=O) groups excluding carboxylic acids is 2. The minimum absolute atomic E-state index is 0.00790. The molecule has 3 aromatic rings. The smallest absolute Gasteiger partial charge is 0.253 e. The molecule has 0 radical (unpaired) electrons. The Labute approximate surface area is 165 Å². The first-order valence-electron chi connectivity index (χ1n) is 9.60. The predicted octanol–water partition coefficient (Wildman–Crippen LogP) is 4.06. The first-order valence-corrected chi connectivity index (χ1v) is 9.60. The van der Waals surface area contributed by atoms with Crippen molar-refractivity contribution in [3.8, 4) is 11.1 Å². The predicted molar refractivity (Wildman–Crippen MR) is 112 cm³/mol. The summed E-state index contributed by atoms with van der Waals surface area (Å²) >= 11 is 0. The van der Waals surface area contributed by atoms with E-state index in [1.807, 2.05) is 50.5 Å². The Hall–Kier alpha value is -3.14. The van der Waals surface area contributed by atoms with Crippen LogP contribution in [0.4, 0.5) is 0 Å². The Morgan fingerprint density at radius 3 is 2.46 bits per heavy atom. The van der Waals surface area contributed by atoms with Crippen LogP contribution < -0.4 is 0 Å². The average molecular weight is 372 g/mol. The fraction of sp³-hybridized carbons (Fsp3) is 0.250. The Kier molecular flexibility index (Phi) is 4.86. The standard InChI is InChI=1S/C24H24N2O2/c1-25-15-17(14-23(25)27)16-26(2)24(28)20-12-10-19(11-13-20)22-9-5-7-18-6-3-4-8-21(18)22/h3-13,17H,14-16H2,1-2H3/t17-/m1/s1. The van der Waals surface area contributed by atoms with E-state index < -0.39 is 0 Å². The van der Waals surface area contributed by atoms with Gasteiger partial charge in [-0.05, 0) is 34.0 Å². The van der Waals surface area contributed by atoms with Crippen molar-refractivity contribution in [2.45, 2.75) is 6.42 Å². The number of rotatable bonds is 4. The summed E-state index contributed by atoms with van der Waals surface area (Å²) in [5.74, 6) is 0.359. The van der Waals surface area contributed by atoms with E-state index in [1.165, 1.54) is 10.8 Å². The molecule has 0 unspecified atom stereocenters. The topological polar surface area (TPSA) is 40.6 Å². The van der Waals surface area contributed by atoms with Crippen LogP contribution in [0.25, 0.3) is 21.9 Å². The van der Waals surface area contributed by atoms with E-state index in [4.69, 9.17) is 0 Å². The number of hydrogen-bond donors (Lipinski definition) is 0. The molecule has 28 heavy (non-hydrogen) atoms. The van der Waals surface area contributed by atoms with E-state index in [1.54, 1.807) is 9.80 Å². The zero-order valence-corrected chi connectivity index (χ0v) is 16.3. The minimum atomic E-state index is -0.00790. The molecule has 4 heteroatoms. The molecule has 1 aliphatic heterocycles. The average Bonchev–Trinajstić information content (AvgIpc) is 3.04. The van der Waals surface area contributed by atoms with Gasteiger partial charge in [-0.3, -0.25) is 9.59 Å². The number of amides is 2. The summed E-state index contributed by atoms with van der Waals surface area (Å²) in [7, 11) is 3.62. The van der Waals surface area contributed by atoms with Crippen LogP contribution in [0.15, 0.2) is 66.7 Å². The summed E-state index contributed by atoms with van der Waals surface area (Å²) < 4.78 is 0. The van der Waals surface area contributed by atoms with Crippen molar-refractivity contribution in [1.82, 2.24) is 9.80 Å². The number of nitrogens with zero attached hydrogens (tertiary/aromatic N) is 2. The second kappa shape index (κ2) is 7.47. The molecule has 1 fully saturated rings. The van der Waals surface area contributed by atoms with Crippen LogP contribution in [0, 0.1) is 5.92 Å². The van der Waals surface area contributed by atoms with E-state index in [0.717, 1.165) is 17.7 Å². The van der Waals surface area contributed by atoms with Crippen LogP contribution in [0.2, 0.25) is 0 Å². The highest BCUT2D eigenvalue weighted by atomic mass is 16.2. The van der Waals surface area contributed by atoms with Gasteiger partial charge < -0.3 is 9.80 Å². The lowest BCUT2D eigenvalue weighted by molar-refractivity contribution is -0.126. The second-order valence-corrected chi connectivity index (χ2v) is 7.63. The quantitative estimate of drug-likeness (QED) is 0.693. The summed E-state index contributed by atoms with van der Waals surface area (Å²) in [6.45, 7) is 1.32. The highest BCUT2D eigenvalue weighted by Gasteiger charge is 2.28. The van der Waals surface area contributed by atoms with Gasteiger partial charge in [-0.1, -0.05) is 54.6 Å². The van der Waals surface area contributed by atoms with Crippen LogP contribution in [0.3, 0.4) is 0 Å². The van der Waals surface area contributed by atoms with Gasteiger partial charge in [0.1, 0.15) is 0 Å². The highest BCUT2D eigenvalue weighted by Crippen LogP contribution is 2.29. The number of hydrogen-bond acceptors (Lipinski definition) is 2. The number of benzene rings is 3. The van der Waals surface area contributed by atoms with Gasteiger partial charge in [0.15, 0.2) is 0 Å². The first kappa shape index (κ1) is 18.2. The van der Waals surface area contributed by atoms with Crippen LogP contribution >= 0.6 is 0 Å². The molecule has 142 valence electrons. The van der Waals surface area contributed by atoms with E-state index in [9.17, 15) is 9.59 Å². The van der Waals surface area contributed by atoms with Crippen LogP contribution in [-0.4, -0.2) is 48.8 Å². The summed E-state index contributed by atoms with van der Waals surface area (Å²) in [6.07, 6.45) is 0.522. The fourth-order valence-corrected chi connectivity index (χ4v) is 4.04. The molecule has 4 rings (SSSR count). The monoisotopic (exact) mass is 372 g/mol. The van der Waals surface area contributed by atoms with E-state index in [0.29, 0.717) is 18.5 Å². The largest absolute Gasteiger partial charge is 0.345 e. The molecule has 1 aliphatic rings. The molecular weight excluding hydrogens is 348 g/mol. The molecule has 4 nitrogen and oxygen atoms in total. The maximum atomic E-state index is 12.8. The third kappa shape index (κ3) is 3.50. The second-order valence-electron chi connectivity index (χ2n) is 7.63. The van der Waals surface area contributed by atoms with Crippen LogP contribution in [0.5, 0.6) is 0 Å². The van der Waals surface area contributed by atoms with Gasteiger partial charge >= 0.3 is 0 Å². The molecule has 1 heterocycles. The third-order valence-electron chi connectivity index (χ3n) is 5.53. The van der Waals surface area contributed by atoms with Crippen molar-refractivity contribution in [3.63, 3.8) is 0 Å². The van der Waals surface area contributed by atoms with Crippen LogP contribution in [-0.2, 0) is 4.79 Å². The summed E-state index contributed by atoms with van der Waals surface area (Å²) in [5, 5.41) is 2.41. The molecule has 1 atom stereocenters. The molecular formula is C24H24N2O2. The first-order chi connectivity index (χ1) is 13.5. The molecule has 0 N–H and O–H groups in total. The molecule has 2 amide bonds. The maximum absolute atomic E-state index is 12.8. The fourth-order valence-electron chi connectivity index (χ4n) is 4.04. The van der Waals surface area contributed by atoms with Crippen molar-refractivity contribution >= 4 is 22.6 Å². The SMILES string of the molecule is CN1C[C@H](CN(C)C(=O)c2ccc(-c3cccc4ccccc34)cc2)CC1=O. The Bertz CT molecular complexity index is 1020. The maximum Gasteiger partial charge on any atom is 0.253 e. The number of carbonyl (C=O) groups is 2. The lowest BCUT2D eigenvalue weighted by Gasteiger charge is -2.21. The molecule has 3 aromatic carbocycles. The van der Waals surface area contributed by atoms with Gasteiger partial charge in [0.2, 0.25) is 5.91 Å². The normalized spacial score (nSPS) is 16.6. The summed E-state index contributed by atoms with van der Waals surface area (Å²) in [5.41, 5.74) is 2.93. The Morgan fingerprint density at radius 1 is 1.04 bits per heavy atom. The van der Waals surface area contributed by atoms with E-state index in [-0.39, 0.29) is 17.7 Å². The number of fused-ring (bicyclic) bond motifs is 1. The molecule has 0 saturated carbocycles. The molecule has 0 spiro atoms. The van der Waals surface area contributed by atoms with Gasteiger partial charge in [0.05, 0.1) is 0 Å². The Morgan fingerprint density at radius 2 is 1.75 bits per heavy atom. The zero-order valence-electron chi connectivity index (χ0n) is 16.3. The molecule has 0 aliphatic carbocycles. The molecule has 1 saturated heterocycles. The van der Waals surface area contributed by atoms with Crippen molar-refractivity contribution in [2.75, 3.05) is 27.2 Å². The summed E-state index contributed by atoms with van der Waals surface area (Å²) in [6, 6.07) is 22.4. The van der Waals surface area contributed by atoms with Crippen molar-refractivity contribution in [3.05, 3.63) is 72.3 Å². The van der Waals surface area contributed by atoms with Crippen molar-refractivity contribution in [2.24, 2.45) is 5.92 Å². The van der Waals surface area contributed by atoms with Gasteiger partial charge in [-0.2, -0.15) is 0 Å². The van der Waals surface area contributed by atoms with Crippen molar-refractivity contribution in [1.29, 1.82) is 0 Å². The lowest BCUT2D eigenvalue weighted by Crippen LogP contribution is -2.32. The van der Waals surface area contributed by atoms with Gasteiger partial charge in [-0.25, -0.2) is 0 Å². The zero-order chi connectivity index (χ0) is 19.7. The lowest BCUT2D eigenvalue weighted by atomic mass is 9.97. The summed E-state index contributed by atoms with van der Waals surface area (Å²) in [4.78, 5) is 27.9. The van der Waals surface area contributed by atoms with Crippen molar-refractivity contribution < 1.29 is 9.59 Å². The molecule has 0 aromatic heterocycles. The molecule has 0 bridgehead atoms. The minimum Gasteiger partial charge on any atom is -0.345 e. The van der Waals surface area contributed by atoms with Gasteiger partial charge in [0, 0.05) is 45.1 Å². The third-order valence-corrected chi connectivity index (χ3v) is 5.53. The van der Waals surface area contributed by atoms with E-state index in [2.05, 4.69) is 30.3 Å². The van der Waals surface area contributed by atoms with Gasteiger partial charge in [0.25, 0.3) is 5.91 Å². The van der Waals surface area contributed by atoms with Gasteiger partial charge in [-0.15, -0.1) is 0 Å². The van der Waals surface area contributed by atoms with Crippen LogP contribution in [0.1, 0.15) is 16.8 Å². The Balaban J connectivity index is 1.51. The number of likely N-dealkylation sites (tertiary alicyclic amines) is 1. The van der Waals surface area contributed by atoms with E-state index >= 15 is 0 Å².